The van der Waals surface area contributed by atoms with E-state index in [0.717, 1.165) is 37.3 Å². The summed E-state index contributed by atoms with van der Waals surface area (Å²) >= 11 is 0. The average molecular weight is 334 g/mol. The molecule has 3 amide bonds. The second-order valence-corrected chi connectivity index (χ2v) is 6.64. The number of amides is 3. The van der Waals surface area contributed by atoms with Crippen LogP contribution in [0.15, 0.2) is 16.7 Å². The molecule has 0 radical (unpaired) electrons. The van der Waals surface area contributed by atoms with E-state index >= 15 is 0 Å². The molecule has 0 aromatic carbocycles. The molecule has 1 aliphatic heterocycles. The molecule has 2 N–H and O–H groups in total. The van der Waals surface area contributed by atoms with Gasteiger partial charge in [0.15, 0.2) is 0 Å². The van der Waals surface area contributed by atoms with Crippen LogP contribution in [-0.2, 0) is 11.3 Å². The van der Waals surface area contributed by atoms with Crippen LogP contribution in [0, 0.1) is 6.92 Å². The fraction of sp³-hybridized carbons (Fsp3) is 0.647. The first kappa shape index (κ1) is 16.8. The largest absolute Gasteiger partial charge is 0.469 e. The molecule has 2 aliphatic rings. The van der Waals surface area contributed by atoms with Gasteiger partial charge in [0.2, 0.25) is 5.91 Å². The van der Waals surface area contributed by atoms with Crippen molar-refractivity contribution in [1.82, 2.24) is 20.4 Å². The van der Waals surface area contributed by atoms with Crippen molar-refractivity contribution in [2.24, 2.45) is 0 Å². The lowest BCUT2D eigenvalue weighted by molar-refractivity contribution is -0.126. The Hall–Kier alpha value is -2.02. The fourth-order valence-electron chi connectivity index (χ4n) is 2.90. The van der Waals surface area contributed by atoms with Gasteiger partial charge in [0.05, 0.1) is 12.3 Å². The van der Waals surface area contributed by atoms with Crippen LogP contribution in [0.2, 0.25) is 0 Å². The molecule has 0 unspecified atom stereocenters. The number of piperazine rings is 1. The molecule has 1 saturated carbocycles. The molecule has 2 heterocycles. The number of hydrogen-bond donors (Lipinski definition) is 2. The summed E-state index contributed by atoms with van der Waals surface area (Å²) in [6, 6.07) is 2.06. The van der Waals surface area contributed by atoms with Crippen LogP contribution >= 0.6 is 0 Å². The van der Waals surface area contributed by atoms with E-state index in [2.05, 4.69) is 15.5 Å². The molecule has 3 rings (SSSR count). The molecule has 1 aromatic rings. The summed E-state index contributed by atoms with van der Waals surface area (Å²) < 4.78 is 5.23. The van der Waals surface area contributed by atoms with Gasteiger partial charge in [-0.25, -0.2) is 4.79 Å². The normalized spacial score (nSPS) is 19.8. The first-order valence-electron chi connectivity index (χ1n) is 8.65. The molecule has 7 nitrogen and oxygen atoms in total. The van der Waals surface area contributed by atoms with Crippen LogP contribution in [0.25, 0.3) is 0 Å². The molecule has 1 atom stereocenters. The Labute approximate surface area is 142 Å². The summed E-state index contributed by atoms with van der Waals surface area (Å²) in [7, 11) is 0. The van der Waals surface area contributed by atoms with Gasteiger partial charge in [-0.05, 0) is 32.8 Å². The van der Waals surface area contributed by atoms with Gasteiger partial charge >= 0.3 is 6.03 Å². The van der Waals surface area contributed by atoms with E-state index in [9.17, 15) is 9.59 Å². The lowest BCUT2D eigenvalue weighted by Gasteiger charge is -2.37. The first-order valence-corrected chi connectivity index (χ1v) is 8.65. The number of carbonyl (C=O) groups excluding carboxylic acids is 2. The van der Waals surface area contributed by atoms with Crippen LogP contribution in [0.5, 0.6) is 0 Å². The summed E-state index contributed by atoms with van der Waals surface area (Å²) in [5, 5.41) is 5.97. The maximum Gasteiger partial charge on any atom is 0.317 e. The predicted molar refractivity (Wildman–Crippen MR) is 89.5 cm³/mol. The number of nitrogens with zero attached hydrogens (tertiary/aromatic N) is 2. The van der Waals surface area contributed by atoms with Gasteiger partial charge in [0, 0.05) is 44.3 Å². The summed E-state index contributed by atoms with van der Waals surface area (Å²) in [5.74, 6) is 0.932. The molecule has 2 fully saturated rings. The van der Waals surface area contributed by atoms with Crippen molar-refractivity contribution in [2.75, 3.05) is 26.2 Å². The van der Waals surface area contributed by atoms with E-state index in [1.807, 2.05) is 19.9 Å². The quantitative estimate of drug-likeness (QED) is 0.845. The Morgan fingerprint density at radius 1 is 1.29 bits per heavy atom. The van der Waals surface area contributed by atoms with E-state index < -0.39 is 0 Å². The number of aryl methyl sites for hydroxylation is 1. The number of furan rings is 1. The highest BCUT2D eigenvalue weighted by atomic mass is 16.3. The highest BCUT2D eigenvalue weighted by Crippen LogP contribution is 2.19. The van der Waals surface area contributed by atoms with Crippen LogP contribution in [0.3, 0.4) is 0 Å². The number of rotatable bonds is 5. The summed E-state index contributed by atoms with van der Waals surface area (Å²) in [6.07, 6.45) is 3.83. The van der Waals surface area contributed by atoms with Gasteiger partial charge in [-0.15, -0.1) is 0 Å². The highest BCUT2D eigenvalue weighted by molar-refractivity contribution is 5.82. The average Bonchev–Trinajstić information content (AvgIpc) is 3.31. The molecule has 132 valence electrons. The van der Waals surface area contributed by atoms with Crippen molar-refractivity contribution in [1.29, 1.82) is 0 Å². The molecule has 7 heteroatoms. The van der Waals surface area contributed by atoms with Gasteiger partial charge in [0.25, 0.3) is 0 Å². The third-order valence-corrected chi connectivity index (χ3v) is 4.85. The molecule has 1 saturated heterocycles. The minimum Gasteiger partial charge on any atom is -0.469 e. The van der Waals surface area contributed by atoms with Crippen LogP contribution < -0.4 is 10.6 Å². The predicted octanol–water partition coefficient (Wildman–Crippen LogP) is 1.08. The van der Waals surface area contributed by atoms with Crippen molar-refractivity contribution in [3.63, 3.8) is 0 Å². The zero-order valence-electron chi connectivity index (χ0n) is 14.4. The Morgan fingerprint density at radius 2 is 2.00 bits per heavy atom. The van der Waals surface area contributed by atoms with Crippen molar-refractivity contribution in [2.45, 2.75) is 45.3 Å². The zero-order valence-corrected chi connectivity index (χ0v) is 14.4. The third-order valence-electron chi connectivity index (χ3n) is 4.85. The second-order valence-electron chi connectivity index (χ2n) is 6.64. The molecule has 1 aromatic heterocycles. The Bertz CT molecular complexity index is 588. The van der Waals surface area contributed by atoms with Gasteiger partial charge in [0.1, 0.15) is 5.76 Å². The third kappa shape index (κ3) is 4.08. The van der Waals surface area contributed by atoms with E-state index in [-0.39, 0.29) is 18.0 Å². The Morgan fingerprint density at radius 3 is 2.58 bits per heavy atom. The lowest BCUT2D eigenvalue weighted by Crippen LogP contribution is -2.56. The number of urea groups is 1. The van der Waals surface area contributed by atoms with Crippen molar-refractivity contribution < 1.29 is 14.0 Å². The fourth-order valence-corrected chi connectivity index (χ4v) is 2.90. The standard InChI is InChI=1S/C17H26N4O3/c1-12(16(22)19-15-3-4-15)20-6-8-21(9-7-20)17(23)18-11-14-5-10-24-13(14)2/h5,10,12,15H,3-4,6-9,11H2,1-2H3,(H,18,23)(H,19,22)/t12-/m1/s1. The minimum atomic E-state index is -0.135. The van der Waals surface area contributed by atoms with Crippen LogP contribution in [-0.4, -0.2) is 60.0 Å². The molecular formula is C17H26N4O3. The lowest BCUT2D eigenvalue weighted by atomic mass is 10.2. The van der Waals surface area contributed by atoms with E-state index in [0.29, 0.717) is 25.7 Å². The van der Waals surface area contributed by atoms with E-state index in [4.69, 9.17) is 4.42 Å². The molecule has 0 spiro atoms. The minimum absolute atomic E-state index is 0.0645. The SMILES string of the molecule is Cc1occc1CNC(=O)N1CCN([C@H](C)C(=O)NC2CC2)CC1. The van der Waals surface area contributed by atoms with Crippen molar-refractivity contribution in [3.05, 3.63) is 23.7 Å². The Kier molecular flexibility index (Phi) is 5.08. The number of carbonyl (C=O) groups is 2. The summed E-state index contributed by atoms with van der Waals surface area (Å²) in [5.41, 5.74) is 0.993. The van der Waals surface area contributed by atoms with Gasteiger partial charge in [-0.2, -0.15) is 0 Å². The summed E-state index contributed by atoms with van der Waals surface area (Å²) in [4.78, 5) is 28.3. The smallest absolute Gasteiger partial charge is 0.317 e. The summed E-state index contributed by atoms with van der Waals surface area (Å²) in [6.45, 7) is 7.01. The van der Waals surface area contributed by atoms with Crippen LogP contribution in [0.1, 0.15) is 31.1 Å². The van der Waals surface area contributed by atoms with Gasteiger partial charge < -0.3 is 20.0 Å². The monoisotopic (exact) mass is 334 g/mol. The topological polar surface area (TPSA) is 77.8 Å². The second kappa shape index (κ2) is 7.25. The van der Waals surface area contributed by atoms with Crippen LogP contribution in [0.4, 0.5) is 4.79 Å². The van der Waals surface area contributed by atoms with Gasteiger partial charge in [-0.3, -0.25) is 9.69 Å². The number of hydrogen-bond acceptors (Lipinski definition) is 4. The highest BCUT2D eigenvalue weighted by Gasteiger charge is 2.30. The molecule has 0 bridgehead atoms. The van der Waals surface area contributed by atoms with Crippen molar-refractivity contribution in [3.8, 4) is 0 Å². The molecular weight excluding hydrogens is 308 g/mol. The van der Waals surface area contributed by atoms with Gasteiger partial charge in [-0.1, -0.05) is 0 Å². The first-order chi connectivity index (χ1) is 11.5. The molecule has 24 heavy (non-hydrogen) atoms. The molecule has 1 aliphatic carbocycles. The number of nitrogens with one attached hydrogen (secondary N) is 2. The van der Waals surface area contributed by atoms with Crippen molar-refractivity contribution >= 4 is 11.9 Å². The van der Waals surface area contributed by atoms with E-state index in [1.54, 1.807) is 11.2 Å². The maximum absolute atomic E-state index is 12.3. The maximum atomic E-state index is 12.3. The Balaban J connectivity index is 1.41. The zero-order chi connectivity index (χ0) is 17.1. The van der Waals surface area contributed by atoms with E-state index in [1.165, 1.54) is 0 Å².